The van der Waals surface area contributed by atoms with E-state index in [2.05, 4.69) is 10.1 Å². The number of halogens is 2. The van der Waals surface area contributed by atoms with Crippen LogP contribution >= 0.6 is 23.2 Å². The van der Waals surface area contributed by atoms with E-state index in [4.69, 9.17) is 27.9 Å². The van der Waals surface area contributed by atoms with Crippen molar-refractivity contribution in [3.63, 3.8) is 0 Å². The van der Waals surface area contributed by atoms with Crippen molar-refractivity contribution in [3.05, 3.63) is 107 Å². The highest BCUT2D eigenvalue weighted by Gasteiger charge is 2.36. The first-order valence-electron chi connectivity index (χ1n) is 9.77. The Morgan fingerprint density at radius 3 is 2.00 bits per heavy atom. The van der Waals surface area contributed by atoms with E-state index in [0.29, 0.717) is 28.0 Å². The summed E-state index contributed by atoms with van der Waals surface area (Å²) < 4.78 is 7.55. The van der Waals surface area contributed by atoms with E-state index < -0.39 is 5.60 Å². The van der Waals surface area contributed by atoms with Crippen molar-refractivity contribution in [2.24, 2.45) is 0 Å². The lowest BCUT2D eigenvalue weighted by Gasteiger charge is -2.33. The van der Waals surface area contributed by atoms with Crippen molar-refractivity contribution < 1.29 is 9.84 Å². The molecule has 2 unspecified atom stereocenters. The summed E-state index contributed by atoms with van der Waals surface area (Å²) in [5.41, 5.74) is 0.560. The second kappa shape index (κ2) is 9.10. The van der Waals surface area contributed by atoms with Crippen molar-refractivity contribution in [1.82, 2.24) is 14.8 Å². The molecule has 4 rings (SSSR count). The zero-order valence-corrected chi connectivity index (χ0v) is 18.3. The van der Waals surface area contributed by atoms with E-state index in [-0.39, 0.29) is 6.04 Å². The van der Waals surface area contributed by atoms with Gasteiger partial charge in [0.2, 0.25) is 0 Å². The maximum atomic E-state index is 11.6. The standard InChI is InChI=1S/C24H21Cl2N3O2/c1-24(30,18-4-10-21(11-5-18)31-22-12-8-20(26)9-13-22)23(29-16-27-15-28-29)14-17-2-6-19(25)7-3-17/h2-13,15-16,23,30H,14H2,1H3. The molecule has 1 N–H and O–H groups in total. The SMILES string of the molecule is CC(O)(c1ccc(Oc2ccc(Cl)cc2)cc1)C(Cc1ccc(Cl)cc1)n1cncn1. The Morgan fingerprint density at radius 2 is 1.45 bits per heavy atom. The molecule has 2 atom stereocenters. The van der Waals surface area contributed by atoms with Gasteiger partial charge in [-0.25, -0.2) is 9.67 Å². The summed E-state index contributed by atoms with van der Waals surface area (Å²) in [6, 6.07) is 21.7. The van der Waals surface area contributed by atoms with Crippen LogP contribution in [0.2, 0.25) is 10.0 Å². The van der Waals surface area contributed by atoms with Gasteiger partial charge in [-0.05, 0) is 73.0 Å². The van der Waals surface area contributed by atoms with Gasteiger partial charge in [0.05, 0.1) is 6.04 Å². The fourth-order valence-electron chi connectivity index (χ4n) is 3.46. The van der Waals surface area contributed by atoms with E-state index in [1.54, 1.807) is 42.2 Å². The summed E-state index contributed by atoms with van der Waals surface area (Å²) in [4.78, 5) is 4.06. The number of rotatable bonds is 7. The minimum absolute atomic E-state index is 0.376. The van der Waals surface area contributed by atoms with Gasteiger partial charge in [0.1, 0.15) is 29.8 Å². The summed E-state index contributed by atoms with van der Waals surface area (Å²) in [5.74, 6) is 1.35. The van der Waals surface area contributed by atoms with Gasteiger partial charge in [-0.15, -0.1) is 0 Å². The fraction of sp³-hybridized carbons (Fsp3) is 0.167. The fourth-order valence-corrected chi connectivity index (χ4v) is 3.72. The molecular weight excluding hydrogens is 433 g/mol. The van der Waals surface area contributed by atoms with E-state index >= 15 is 0 Å². The zero-order valence-electron chi connectivity index (χ0n) is 16.8. The topological polar surface area (TPSA) is 60.2 Å². The second-order valence-corrected chi connectivity index (χ2v) is 8.32. The summed E-state index contributed by atoms with van der Waals surface area (Å²) in [7, 11) is 0. The Hall–Kier alpha value is -2.86. The minimum Gasteiger partial charge on any atom is -0.457 e. The number of aromatic nitrogens is 3. The zero-order chi connectivity index (χ0) is 21.8. The molecule has 158 valence electrons. The van der Waals surface area contributed by atoms with Crippen LogP contribution in [0.15, 0.2) is 85.5 Å². The Labute approximate surface area is 190 Å². The Kier molecular flexibility index (Phi) is 6.28. The highest BCUT2D eigenvalue weighted by molar-refractivity contribution is 6.30. The largest absolute Gasteiger partial charge is 0.457 e. The quantitative estimate of drug-likeness (QED) is 0.368. The van der Waals surface area contributed by atoms with Gasteiger partial charge in [0.15, 0.2) is 0 Å². The maximum absolute atomic E-state index is 11.6. The van der Waals surface area contributed by atoms with Gasteiger partial charge in [0.25, 0.3) is 0 Å². The second-order valence-electron chi connectivity index (χ2n) is 7.45. The van der Waals surface area contributed by atoms with Gasteiger partial charge >= 0.3 is 0 Å². The molecule has 1 aromatic heterocycles. The average Bonchev–Trinajstić information content (AvgIpc) is 3.29. The number of benzene rings is 3. The van der Waals surface area contributed by atoms with Crippen LogP contribution in [0.3, 0.4) is 0 Å². The molecule has 0 radical (unpaired) electrons. The smallest absolute Gasteiger partial charge is 0.137 e. The molecule has 0 aliphatic heterocycles. The monoisotopic (exact) mass is 453 g/mol. The van der Waals surface area contributed by atoms with Crippen LogP contribution in [0, 0.1) is 0 Å². The predicted molar refractivity (Wildman–Crippen MR) is 122 cm³/mol. The highest BCUT2D eigenvalue weighted by Crippen LogP contribution is 2.36. The maximum Gasteiger partial charge on any atom is 0.137 e. The van der Waals surface area contributed by atoms with Gasteiger partial charge in [-0.3, -0.25) is 0 Å². The van der Waals surface area contributed by atoms with Gasteiger partial charge in [-0.1, -0.05) is 47.5 Å². The third-order valence-corrected chi connectivity index (χ3v) is 5.74. The third-order valence-electron chi connectivity index (χ3n) is 5.24. The number of hydrogen-bond donors (Lipinski definition) is 1. The molecular formula is C24H21Cl2N3O2. The van der Waals surface area contributed by atoms with Gasteiger partial charge in [0, 0.05) is 10.0 Å². The van der Waals surface area contributed by atoms with Crippen LogP contribution in [-0.4, -0.2) is 19.9 Å². The Balaban J connectivity index is 1.58. The summed E-state index contributed by atoms with van der Waals surface area (Å²) in [6.45, 7) is 1.78. The molecule has 0 aliphatic carbocycles. The van der Waals surface area contributed by atoms with E-state index in [0.717, 1.165) is 11.1 Å². The molecule has 31 heavy (non-hydrogen) atoms. The van der Waals surface area contributed by atoms with Crippen molar-refractivity contribution in [1.29, 1.82) is 0 Å². The summed E-state index contributed by atoms with van der Waals surface area (Å²) >= 11 is 11.9. The van der Waals surface area contributed by atoms with Gasteiger partial charge in [-0.2, -0.15) is 5.10 Å². The van der Waals surface area contributed by atoms with Crippen molar-refractivity contribution >= 4 is 23.2 Å². The molecule has 0 saturated carbocycles. The number of hydrogen-bond acceptors (Lipinski definition) is 4. The normalized spacial score (nSPS) is 14.1. The first-order chi connectivity index (χ1) is 14.9. The number of ether oxygens (including phenoxy) is 1. The third kappa shape index (κ3) is 5.07. The first kappa shape index (κ1) is 21.4. The van der Waals surface area contributed by atoms with E-state index in [9.17, 15) is 5.11 Å². The first-order valence-corrected chi connectivity index (χ1v) is 10.5. The molecule has 0 bridgehead atoms. The molecule has 0 fully saturated rings. The summed E-state index contributed by atoms with van der Waals surface area (Å²) in [5, 5.41) is 17.2. The molecule has 5 nitrogen and oxygen atoms in total. The summed E-state index contributed by atoms with van der Waals surface area (Å²) in [6.07, 6.45) is 3.64. The van der Waals surface area contributed by atoms with Crippen molar-refractivity contribution in [2.45, 2.75) is 25.0 Å². The van der Waals surface area contributed by atoms with E-state index in [1.807, 2.05) is 48.5 Å². The molecule has 1 heterocycles. The molecule has 0 saturated heterocycles. The number of nitrogens with zero attached hydrogens (tertiary/aromatic N) is 3. The Bertz CT molecular complexity index is 1110. The molecule has 7 heteroatoms. The van der Waals surface area contributed by atoms with Gasteiger partial charge < -0.3 is 9.84 Å². The molecule has 3 aromatic carbocycles. The van der Waals surface area contributed by atoms with Crippen LogP contribution in [0.4, 0.5) is 0 Å². The van der Waals surface area contributed by atoms with Crippen LogP contribution in [-0.2, 0) is 12.0 Å². The number of aliphatic hydroxyl groups is 1. The predicted octanol–water partition coefficient (Wildman–Crippen LogP) is 6.07. The van der Waals surface area contributed by atoms with Crippen LogP contribution in [0.1, 0.15) is 24.1 Å². The van der Waals surface area contributed by atoms with E-state index in [1.165, 1.54) is 6.33 Å². The van der Waals surface area contributed by atoms with Crippen molar-refractivity contribution in [3.8, 4) is 11.5 Å². The van der Waals surface area contributed by atoms with Crippen LogP contribution in [0.5, 0.6) is 11.5 Å². The minimum atomic E-state index is -1.22. The average molecular weight is 454 g/mol. The molecule has 0 amide bonds. The lowest BCUT2D eigenvalue weighted by atomic mass is 9.84. The van der Waals surface area contributed by atoms with Crippen LogP contribution in [0.25, 0.3) is 0 Å². The lowest BCUT2D eigenvalue weighted by molar-refractivity contribution is -0.00476. The van der Waals surface area contributed by atoms with Crippen LogP contribution < -0.4 is 4.74 Å². The van der Waals surface area contributed by atoms with Crippen molar-refractivity contribution in [2.75, 3.05) is 0 Å². The lowest BCUT2D eigenvalue weighted by Crippen LogP contribution is -2.36. The molecule has 0 spiro atoms. The highest BCUT2D eigenvalue weighted by atomic mass is 35.5. The molecule has 0 aliphatic rings. The molecule has 4 aromatic rings. The Morgan fingerprint density at radius 1 is 0.903 bits per heavy atom.